The van der Waals surface area contributed by atoms with E-state index in [1.54, 1.807) is 23.0 Å². The number of hydrogen-bond acceptors (Lipinski definition) is 3. The third-order valence-corrected chi connectivity index (χ3v) is 3.03. The zero-order valence-corrected chi connectivity index (χ0v) is 12.3. The largest absolute Gasteiger partial charge is 0.339 e. The van der Waals surface area contributed by atoms with Crippen LogP contribution in [0.15, 0.2) is 78.2 Å². The van der Waals surface area contributed by atoms with Crippen LogP contribution in [0.2, 0.25) is 0 Å². The number of urea groups is 1. The molecule has 0 radical (unpaired) electrons. The molecule has 6 nitrogen and oxygen atoms in total. The van der Waals surface area contributed by atoms with Gasteiger partial charge in [0.25, 0.3) is 0 Å². The summed E-state index contributed by atoms with van der Waals surface area (Å²) < 4.78 is 1.74. The fourth-order valence-corrected chi connectivity index (χ4v) is 1.97. The van der Waals surface area contributed by atoms with Crippen molar-refractivity contribution < 1.29 is 4.79 Å². The minimum absolute atomic E-state index is 0.400. The number of hydrogen-bond donors (Lipinski definition) is 2. The minimum Gasteiger partial charge on any atom is -0.307 e. The maximum absolute atomic E-state index is 11.7. The lowest BCUT2D eigenvalue weighted by molar-refractivity contribution is 0.252. The van der Waals surface area contributed by atoms with E-state index in [2.05, 4.69) is 20.9 Å². The third-order valence-electron chi connectivity index (χ3n) is 3.03. The molecular formula is C17H15N5O. The van der Waals surface area contributed by atoms with Gasteiger partial charge in [0.05, 0.1) is 18.1 Å². The Morgan fingerprint density at radius 2 is 1.74 bits per heavy atom. The van der Waals surface area contributed by atoms with Crippen LogP contribution in [-0.2, 0) is 0 Å². The van der Waals surface area contributed by atoms with Gasteiger partial charge in [0, 0.05) is 17.4 Å². The molecule has 0 fully saturated rings. The highest BCUT2D eigenvalue weighted by atomic mass is 16.2. The molecule has 23 heavy (non-hydrogen) atoms. The quantitative estimate of drug-likeness (QED) is 0.574. The number of rotatable bonds is 4. The monoisotopic (exact) mass is 305 g/mol. The summed E-state index contributed by atoms with van der Waals surface area (Å²) >= 11 is 0. The second-order valence-corrected chi connectivity index (χ2v) is 4.74. The van der Waals surface area contributed by atoms with E-state index in [1.807, 2.05) is 54.7 Å². The molecule has 0 aliphatic heterocycles. The summed E-state index contributed by atoms with van der Waals surface area (Å²) in [4.78, 5) is 11.7. The summed E-state index contributed by atoms with van der Waals surface area (Å²) in [5, 5.41) is 10.8. The minimum atomic E-state index is -0.400. The Morgan fingerprint density at radius 3 is 2.48 bits per heavy atom. The molecular weight excluding hydrogens is 290 g/mol. The fraction of sp³-hybridized carbons (Fsp3) is 0. The van der Waals surface area contributed by atoms with Crippen LogP contribution in [0.3, 0.4) is 0 Å². The zero-order valence-electron chi connectivity index (χ0n) is 12.3. The number of nitrogens with zero attached hydrogens (tertiary/aromatic N) is 3. The van der Waals surface area contributed by atoms with Crippen molar-refractivity contribution in [1.29, 1.82) is 0 Å². The number of amides is 2. The van der Waals surface area contributed by atoms with Crippen molar-refractivity contribution in [2.45, 2.75) is 0 Å². The molecule has 2 N–H and O–H groups in total. The van der Waals surface area contributed by atoms with E-state index in [4.69, 9.17) is 0 Å². The van der Waals surface area contributed by atoms with Crippen molar-refractivity contribution in [2.75, 3.05) is 5.32 Å². The molecule has 2 aromatic carbocycles. The van der Waals surface area contributed by atoms with Crippen molar-refractivity contribution in [3.05, 3.63) is 78.6 Å². The number of hydrazone groups is 1. The molecule has 3 rings (SSSR count). The first kappa shape index (κ1) is 14.5. The number of aromatic nitrogens is 2. The number of carbonyl (C=O) groups is 1. The van der Waals surface area contributed by atoms with Gasteiger partial charge in [-0.05, 0) is 24.3 Å². The van der Waals surface area contributed by atoms with E-state index in [9.17, 15) is 4.79 Å². The number of carbonyl (C=O) groups excluding carboxylic acids is 1. The maximum atomic E-state index is 11.7. The van der Waals surface area contributed by atoms with Crippen LogP contribution in [0.1, 0.15) is 5.56 Å². The lowest BCUT2D eigenvalue weighted by Gasteiger charge is -2.02. The SMILES string of the molecule is O=C(N/N=C\c1cnn(-c2ccccc2)c1)Nc1ccccc1. The number of nitrogens with one attached hydrogen (secondary N) is 2. The van der Waals surface area contributed by atoms with Gasteiger partial charge in [0.1, 0.15) is 0 Å². The van der Waals surface area contributed by atoms with E-state index in [1.165, 1.54) is 6.21 Å². The molecule has 3 aromatic rings. The molecule has 0 unspecified atom stereocenters. The summed E-state index contributed by atoms with van der Waals surface area (Å²) in [6.07, 6.45) is 5.04. The van der Waals surface area contributed by atoms with Gasteiger partial charge in [-0.3, -0.25) is 0 Å². The zero-order chi connectivity index (χ0) is 15.9. The van der Waals surface area contributed by atoms with E-state index < -0.39 is 6.03 Å². The van der Waals surface area contributed by atoms with Crippen LogP contribution in [0.5, 0.6) is 0 Å². The van der Waals surface area contributed by atoms with E-state index in [0.29, 0.717) is 5.69 Å². The Balaban J connectivity index is 1.56. The van der Waals surface area contributed by atoms with Gasteiger partial charge in [0.15, 0.2) is 0 Å². The van der Waals surface area contributed by atoms with Crippen molar-refractivity contribution in [3.8, 4) is 5.69 Å². The molecule has 114 valence electrons. The predicted molar refractivity (Wildman–Crippen MR) is 89.8 cm³/mol. The molecule has 1 aromatic heterocycles. The summed E-state index contributed by atoms with van der Waals surface area (Å²) in [6.45, 7) is 0. The molecule has 6 heteroatoms. The summed E-state index contributed by atoms with van der Waals surface area (Å²) in [6, 6.07) is 18.5. The van der Waals surface area contributed by atoms with Gasteiger partial charge in [-0.15, -0.1) is 0 Å². The van der Waals surface area contributed by atoms with Crippen molar-refractivity contribution in [3.63, 3.8) is 0 Å². The van der Waals surface area contributed by atoms with Crippen molar-refractivity contribution in [2.24, 2.45) is 5.10 Å². The predicted octanol–water partition coefficient (Wildman–Crippen LogP) is 3.03. The highest BCUT2D eigenvalue weighted by Crippen LogP contribution is 2.06. The Kier molecular flexibility index (Phi) is 4.44. The standard InChI is InChI=1S/C17H15N5O/c23-17(20-15-7-3-1-4-8-15)21-18-11-14-12-19-22(13-14)16-9-5-2-6-10-16/h1-13H,(H2,20,21,23)/b18-11-. The second-order valence-electron chi connectivity index (χ2n) is 4.74. The molecule has 2 amide bonds. The molecule has 0 aliphatic carbocycles. The van der Waals surface area contributed by atoms with Gasteiger partial charge < -0.3 is 5.32 Å². The van der Waals surface area contributed by atoms with Gasteiger partial charge in [0.2, 0.25) is 0 Å². The highest BCUT2D eigenvalue weighted by molar-refractivity contribution is 5.90. The van der Waals surface area contributed by atoms with Crippen molar-refractivity contribution >= 4 is 17.9 Å². The number of anilines is 1. The van der Waals surface area contributed by atoms with E-state index >= 15 is 0 Å². The Hall–Kier alpha value is -3.41. The molecule has 0 saturated carbocycles. The second kappa shape index (κ2) is 7.04. The molecule has 0 aliphatic rings. The lowest BCUT2D eigenvalue weighted by atomic mass is 10.3. The first-order valence-corrected chi connectivity index (χ1v) is 7.06. The smallest absolute Gasteiger partial charge is 0.307 e. The normalized spacial score (nSPS) is 10.6. The van der Waals surface area contributed by atoms with Crippen LogP contribution in [-0.4, -0.2) is 22.0 Å². The van der Waals surface area contributed by atoms with E-state index in [-0.39, 0.29) is 0 Å². The number of benzene rings is 2. The molecule has 0 spiro atoms. The van der Waals surface area contributed by atoms with Crippen LogP contribution in [0.4, 0.5) is 10.5 Å². The Labute approximate surface area is 133 Å². The van der Waals surface area contributed by atoms with Gasteiger partial charge in [-0.2, -0.15) is 10.2 Å². The summed E-state index contributed by atoms with van der Waals surface area (Å²) in [5.41, 5.74) is 4.86. The summed E-state index contributed by atoms with van der Waals surface area (Å²) in [7, 11) is 0. The molecule has 0 saturated heterocycles. The first-order chi connectivity index (χ1) is 11.3. The van der Waals surface area contributed by atoms with Gasteiger partial charge in [-0.1, -0.05) is 36.4 Å². The highest BCUT2D eigenvalue weighted by Gasteiger charge is 2.00. The number of para-hydroxylation sites is 2. The Bertz CT molecular complexity index is 796. The van der Waals surface area contributed by atoms with E-state index in [0.717, 1.165) is 11.3 Å². The first-order valence-electron chi connectivity index (χ1n) is 7.06. The lowest BCUT2D eigenvalue weighted by Crippen LogP contribution is -2.24. The maximum Gasteiger partial charge on any atom is 0.339 e. The van der Waals surface area contributed by atoms with Crippen LogP contribution >= 0.6 is 0 Å². The van der Waals surface area contributed by atoms with Crippen LogP contribution in [0.25, 0.3) is 5.69 Å². The Morgan fingerprint density at radius 1 is 1.04 bits per heavy atom. The molecule has 1 heterocycles. The van der Waals surface area contributed by atoms with Crippen LogP contribution in [0, 0.1) is 0 Å². The van der Waals surface area contributed by atoms with Crippen molar-refractivity contribution in [1.82, 2.24) is 15.2 Å². The van der Waals surface area contributed by atoms with Crippen LogP contribution < -0.4 is 10.7 Å². The molecule has 0 bridgehead atoms. The average Bonchev–Trinajstić information content (AvgIpc) is 3.05. The summed E-state index contributed by atoms with van der Waals surface area (Å²) in [5.74, 6) is 0. The fourth-order valence-electron chi connectivity index (χ4n) is 1.97. The topological polar surface area (TPSA) is 71.3 Å². The van der Waals surface area contributed by atoms with Gasteiger partial charge in [-0.25, -0.2) is 14.9 Å². The van der Waals surface area contributed by atoms with Gasteiger partial charge >= 0.3 is 6.03 Å². The molecule has 0 atom stereocenters. The third kappa shape index (κ3) is 4.04. The average molecular weight is 305 g/mol.